The lowest BCUT2D eigenvalue weighted by molar-refractivity contribution is -0.123. The van der Waals surface area contributed by atoms with Gasteiger partial charge in [-0.25, -0.2) is 9.48 Å². The van der Waals surface area contributed by atoms with Crippen LogP contribution in [0.2, 0.25) is 0 Å². The highest BCUT2D eigenvalue weighted by Crippen LogP contribution is 2.41. The molecule has 0 aliphatic carbocycles. The average Bonchev–Trinajstić information content (AvgIpc) is 3.44. The third kappa shape index (κ3) is 9.47. The van der Waals surface area contributed by atoms with Gasteiger partial charge in [0.15, 0.2) is 6.23 Å². The first-order chi connectivity index (χ1) is 23.6. The van der Waals surface area contributed by atoms with Gasteiger partial charge in [-0.2, -0.15) is 17.6 Å². The van der Waals surface area contributed by atoms with Crippen molar-refractivity contribution < 1.29 is 41.4 Å². The number of nitrogens with zero attached hydrogens (tertiary/aromatic N) is 2. The maximum absolute atomic E-state index is 15.3. The number of ether oxygens (including phenoxy) is 3. The number of hydrogen-bond acceptors (Lipinski definition) is 6. The molecular formula is C36H36F4N4O5. The molecular weight excluding hydrogens is 644 g/mol. The smallest absolute Gasteiger partial charge is 0.407 e. The molecule has 4 aromatic rings. The summed E-state index contributed by atoms with van der Waals surface area (Å²) in [6.45, 7) is 0.644. The second kappa shape index (κ2) is 16.3. The minimum atomic E-state index is -4.54. The van der Waals surface area contributed by atoms with Crippen LogP contribution in [0.15, 0.2) is 84.9 Å². The van der Waals surface area contributed by atoms with Crippen LogP contribution in [-0.2, 0) is 14.3 Å². The van der Waals surface area contributed by atoms with Crippen LogP contribution in [0.25, 0.3) is 22.0 Å². The number of alkyl carbamates (subject to hydrolysis) is 1. The van der Waals surface area contributed by atoms with Crippen molar-refractivity contribution in [3.63, 3.8) is 0 Å². The summed E-state index contributed by atoms with van der Waals surface area (Å²) in [6, 6.07) is 19.7. The number of hydrogen-bond donors (Lipinski definition) is 2. The van der Waals surface area contributed by atoms with Crippen LogP contribution < -0.4 is 15.4 Å². The zero-order valence-corrected chi connectivity index (χ0v) is 26.8. The Labute approximate surface area is 280 Å². The highest BCUT2D eigenvalue weighted by atomic mass is 19.4. The Morgan fingerprint density at radius 2 is 1.78 bits per heavy atom. The van der Waals surface area contributed by atoms with Gasteiger partial charge in [-0.05, 0) is 77.4 Å². The minimum Gasteiger partial charge on any atom is -0.492 e. The molecule has 1 atom stereocenters. The Balaban J connectivity index is 1.41. The first kappa shape index (κ1) is 35.1. The molecule has 2 amide bonds. The molecule has 0 spiro atoms. The number of aromatic nitrogens is 2. The maximum Gasteiger partial charge on any atom is 0.407 e. The van der Waals surface area contributed by atoms with Gasteiger partial charge in [0.25, 0.3) is 0 Å². The lowest BCUT2D eigenvalue weighted by atomic mass is 9.87. The predicted molar refractivity (Wildman–Crippen MR) is 176 cm³/mol. The number of nitrogens with one attached hydrogen (secondary N) is 2. The van der Waals surface area contributed by atoms with E-state index in [1.807, 2.05) is 0 Å². The molecule has 258 valence electrons. The summed E-state index contributed by atoms with van der Waals surface area (Å²) in [6.07, 6.45) is -1.73. The molecule has 0 saturated carbocycles. The number of alkyl halides is 3. The van der Waals surface area contributed by atoms with E-state index in [1.165, 1.54) is 29.9 Å². The van der Waals surface area contributed by atoms with Gasteiger partial charge < -0.3 is 24.8 Å². The molecule has 49 heavy (non-hydrogen) atoms. The van der Waals surface area contributed by atoms with Crippen LogP contribution in [0.4, 0.5) is 22.4 Å². The van der Waals surface area contributed by atoms with Crippen molar-refractivity contribution >= 4 is 34.0 Å². The zero-order valence-electron chi connectivity index (χ0n) is 26.8. The molecule has 2 N–H and O–H groups in total. The molecule has 9 nitrogen and oxygen atoms in total. The number of carbonyl (C=O) groups is 2. The average molecular weight is 681 g/mol. The van der Waals surface area contributed by atoms with Crippen molar-refractivity contribution in [3.05, 3.63) is 108 Å². The highest BCUT2D eigenvalue weighted by molar-refractivity contribution is 6.00. The molecule has 1 aromatic heterocycles. The Morgan fingerprint density at radius 3 is 2.47 bits per heavy atom. The second-order valence-corrected chi connectivity index (χ2v) is 11.2. The third-order valence-corrected chi connectivity index (χ3v) is 7.79. The van der Waals surface area contributed by atoms with Gasteiger partial charge in [-0.3, -0.25) is 4.79 Å². The van der Waals surface area contributed by atoms with E-state index in [0.717, 1.165) is 12.8 Å². The SMILES string of the molecule is CNC(=O)/C=C/COC(=O)NCCOc1ccc(/C(=C(/CC(F)(F)F)c2ccccc2)c2ccc3c(c2)c(F)nn3C2CCCCO2)cc1. The van der Waals surface area contributed by atoms with Crippen molar-refractivity contribution in [2.24, 2.45) is 0 Å². The molecule has 0 bridgehead atoms. The van der Waals surface area contributed by atoms with Crippen LogP contribution in [-0.4, -0.2) is 61.4 Å². The van der Waals surface area contributed by atoms with Gasteiger partial charge in [0.1, 0.15) is 19.0 Å². The van der Waals surface area contributed by atoms with Crippen molar-refractivity contribution in [3.8, 4) is 5.75 Å². The van der Waals surface area contributed by atoms with Crippen molar-refractivity contribution in [1.29, 1.82) is 0 Å². The predicted octanol–water partition coefficient (Wildman–Crippen LogP) is 7.19. The second-order valence-electron chi connectivity index (χ2n) is 11.2. The van der Waals surface area contributed by atoms with Gasteiger partial charge >= 0.3 is 12.3 Å². The molecule has 0 radical (unpaired) electrons. The first-order valence-corrected chi connectivity index (χ1v) is 15.8. The number of likely N-dealkylation sites (N-methyl/N-ethyl adjacent to an activating group) is 1. The van der Waals surface area contributed by atoms with E-state index in [0.29, 0.717) is 41.0 Å². The standard InChI is InChI=1S/C36H36F4N4O5/c1-41-31(45)10-7-20-49-35(46)42-18-21-47-27-15-12-25(13-16-27)33(29(23-36(38,39)40)24-8-3-2-4-9-24)26-14-17-30-28(22-26)34(37)43-44(30)32-11-5-6-19-48-32/h2-4,7-10,12-17,22,32H,5-6,11,18-21,23H2,1H3,(H,41,45)(H,42,46)/b10-7+,33-29+. The van der Waals surface area contributed by atoms with Crippen LogP contribution >= 0.6 is 0 Å². The normalized spacial score (nSPS) is 15.6. The molecule has 3 aromatic carbocycles. The van der Waals surface area contributed by atoms with Crippen molar-refractivity contribution in [2.75, 3.05) is 33.4 Å². The number of fused-ring (bicyclic) bond motifs is 1. The minimum absolute atomic E-state index is 0.0254. The Kier molecular flexibility index (Phi) is 11.7. The fourth-order valence-corrected chi connectivity index (χ4v) is 5.54. The number of amides is 2. The first-order valence-electron chi connectivity index (χ1n) is 15.8. The van der Waals surface area contributed by atoms with Gasteiger partial charge in [-0.15, -0.1) is 5.10 Å². The molecule has 2 heterocycles. The Morgan fingerprint density at radius 1 is 1.02 bits per heavy atom. The summed E-state index contributed by atoms with van der Waals surface area (Å²) in [5.41, 5.74) is 2.03. The molecule has 1 fully saturated rings. The van der Waals surface area contributed by atoms with Gasteiger partial charge in [0, 0.05) is 19.7 Å². The van der Waals surface area contributed by atoms with E-state index in [9.17, 15) is 22.8 Å². The third-order valence-electron chi connectivity index (χ3n) is 7.79. The number of halogens is 4. The van der Waals surface area contributed by atoms with E-state index in [4.69, 9.17) is 14.2 Å². The van der Waals surface area contributed by atoms with E-state index in [-0.39, 0.29) is 42.2 Å². The van der Waals surface area contributed by atoms with Crippen LogP contribution in [0.1, 0.15) is 48.6 Å². The monoisotopic (exact) mass is 680 g/mol. The molecule has 1 saturated heterocycles. The fourth-order valence-electron chi connectivity index (χ4n) is 5.54. The summed E-state index contributed by atoms with van der Waals surface area (Å²) >= 11 is 0. The largest absolute Gasteiger partial charge is 0.492 e. The number of rotatable bonds is 12. The van der Waals surface area contributed by atoms with Crippen LogP contribution in [0, 0.1) is 5.95 Å². The van der Waals surface area contributed by atoms with E-state index < -0.39 is 30.9 Å². The lowest BCUT2D eigenvalue weighted by Crippen LogP contribution is -2.28. The maximum atomic E-state index is 15.3. The van der Waals surface area contributed by atoms with E-state index in [2.05, 4.69) is 15.7 Å². The topological polar surface area (TPSA) is 104 Å². The fraction of sp³-hybridized carbons (Fsp3) is 0.306. The highest BCUT2D eigenvalue weighted by Gasteiger charge is 2.32. The van der Waals surface area contributed by atoms with Gasteiger partial charge in [0.05, 0.1) is 23.9 Å². The number of allylic oxidation sites excluding steroid dienone is 1. The Bertz CT molecular complexity index is 1800. The molecule has 1 unspecified atom stereocenters. The van der Waals surface area contributed by atoms with Crippen molar-refractivity contribution in [1.82, 2.24) is 20.4 Å². The number of benzene rings is 3. The van der Waals surface area contributed by atoms with Gasteiger partial charge in [-0.1, -0.05) is 48.5 Å². The molecule has 5 rings (SSSR count). The summed E-state index contributed by atoms with van der Waals surface area (Å²) in [7, 11) is 1.48. The summed E-state index contributed by atoms with van der Waals surface area (Å²) < 4.78 is 75.7. The van der Waals surface area contributed by atoms with Crippen LogP contribution in [0.5, 0.6) is 5.75 Å². The zero-order chi connectivity index (χ0) is 34.8. The van der Waals surface area contributed by atoms with E-state index in [1.54, 1.807) is 66.7 Å². The summed E-state index contributed by atoms with van der Waals surface area (Å²) in [5.74, 6) is -0.641. The van der Waals surface area contributed by atoms with Gasteiger partial charge in [0.2, 0.25) is 11.9 Å². The Hall–Kier alpha value is -5.17. The number of carbonyl (C=O) groups excluding carboxylic acids is 2. The quantitative estimate of drug-likeness (QED) is 0.0711. The van der Waals surface area contributed by atoms with Crippen molar-refractivity contribution in [2.45, 2.75) is 38.1 Å². The lowest BCUT2D eigenvalue weighted by Gasteiger charge is -2.23. The van der Waals surface area contributed by atoms with E-state index >= 15 is 4.39 Å². The summed E-state index contributed by atoms with van der Waals surface area (Å²) in [5, 5.41) is 9.20. The molecule has 1 aliphatic heterocycles. The molecule has 1 aliphatic rings. The molecule has 13 heteroatoms. The summed E-state index contributed by atoms with van der Waals surface area (Å²) in [4.78, 5) is 23.0. The van der Waals surface area contributed by atoms with Crippen LogP contribution in [0.3, 0.4) is 0 Å².